The quantitative estimate of drug-likeness (QED) is 0.732. The molecule has 1 rings (SSSR count). The van der Waals surface area contributed by atoms with Gasteiger partial charge in [0.05, 0.1) is 18.8 Å². The Balaban J connectivity index is 2.53. The van der Waals surface area contributed by atoms with Gasteiger partial charge in [0.1, 0.15) is 0 Å². The summed E-state index contributed by atoms with van der Waals surface area (Å²) in [6.07, 6.45) is 3.66. The summed E-state index contributed by atoms with van der Waals surface area (Å²) in [5, 5.41) is 8.58. The zero-order valence-electron chi connectivity index (χ0n) is 8.45. The van der Waals surface area contributed by atoms with E-state index in [1.54, 1.807) is 12.3 Å². The van der Waals surface area contributed by atoms with Gasteiger partial charge in [0, 0.05) is 6.20 Å². The Kier molecular flexibility index (Phi) is 4.74. The van der Waals surface area contributed by atoms with Crippen molar-refractivity contribution in [2.45, 2.75) is 25.7 Å². The lowest BCUT2D eigenvalue weighted by Crippen LogP contribution is -2.02. The maximum atomic E-state index is 11.9. The highest BCUT2D eigenvalue weighted by atomic mass is 19.1. The number of carboxylic acid groups (broad SMARTS) is 1. The van der Waals surface area contributed by atoms with Gasteiger partial charge in [0.15, 0.2) is 0 Å². The maximum absolute atomic E-state index is 11.9. The summed E-state index contributed by atoms with van der Waals surface area (Å²) in [4.78, 5) is 14.4. The molecule has 0 amide bonds. The monoisotopic (exact) mass is 211 g/mol. The third-order valence-corrected chi connectivity index (χ3v) is 2.06. The van der Waals surface area contributed by atoms with Crippen LogP contribution in [0.5, 0.6) is 0 Å². The molecular formula is C11H14FNO2. The number of hydrogen-bond acceptors (Lipinski definition) is 2. The fraction of sp³-hybridized carbons (Fsp3) is 0.455. The van der Waals surface area contributed by atoms with Gasteiger partial charge >= 0.3 is 5.97 Å². The van der Waals surface area contributed by atoms with Gasteiger partial charge in [0.25, 0.3) is 0 Å². The Hall–Kier alpha value is -1.45. The molecule has 0 unspecified atom stereocenters. The molecule has 0 spiro atoms. The zero-order valence-corrected chi connectivity index (χ0v) is 8.45. The van der Waals surface area contributed by atoms with Crippen LogP contribution in [0.2, 0.25) is 0 Å². The van der Waals surface area contributed by atoms with Crippen LogP contribution in [-0.2, 0) is 17.6 Å². The second-order valence-corrected chi connectivity index (χ2v) is 3.37. The van der Waals surface area contributed by atoms with Crippen LogP contribution in [0.25, 0.3) is 0 Å². The van der Waals surface area contributed by atoms with Gasteiger partial charge in [-0.3, -0.25) is 14.2 Å². The number of alkyl halides is 1. The lowest BCUT2D eigenvalue weighted by Gasteiger charge is -2.02. The average molecular weight is 211 g/mol. The molecule has 0 aromatic carbocycles. The van der Waals surface area contributed by atoms with E-state index in [0.717, 1.165) is 18.4 Å². The number of aliphatic carboxylic acids is 1. The molecule has 0 saturated carbocycles. The van der Waals surface area contributed by atoms with E-state index in [9.17, 15) is 9.18 Å². The van der Waals surface area contributed by atoms with Gasteiger partial charge in [-0.1, -0.05) is 0 Å². The van der Waals surface area contributed by atoms with Gasteiger partial charge in [-0.2, -0.15) is 0 Å². The summed E-state index contributed by atoms with van der Waals surface area (Å²) < 4.78 is 11.9. The van der Waals surface area contributed by atoms with Crippen molar-refractivity contribution in [3.05, 3.63) is 29.6 Å². The van der Waals surface area contributed by atoms with Crippen LogP contribution in [0.4, 0.5) is 4.39 Å². The van der Waals surface area contributed by atoms with Crippen LogP contribution in [0.1, 0.15) is 24.1 Å². The number of carbonyl (C=O) groups is 1. The van der Waals surface area contributed by atoms with Crippen LogP contribution < -0.4 is 0 Å². The standard InChI is InChI=1S/C11H14FNO2/c12-5-2-1-3-9-4-6-13-10(7-9)8-11(14)15/h4,6-7H,1-3,5,8H2,(H,14,15). The minimum atomic E-state index is -0.886. The van der Waals surface area contributed by atoms with E-state index >= 15 is 0 Å². The number of hydrogen-bond donors (Lipinski definition) is 1. The smallest absolute Gasteiger partial charge is 0.309 e. The molecule has 0 aliphatic rings. The first-order valence-electron chi connectivity index (χ1n) is 4.94. The van der Waals surface area contributed by atoms with Crippen LogP contribution in [0.3, 0.4) is 0 Å². The number of nitrogens with zero attached hydrogens (tertiary/aromatic N) is 1. The number of unbranched alkanes of at least 4 members (excludes halogenated alkanes) is 1. The molecule has 15 heavy (non-hydrogen) atoms. The van der Waals surface area contributed by atoms with E-state index in [1.807, 2.05) is 6.07 Å². The largest absolute Gasteiger partial charge is 0.481 e. The number of rotatable bonds is 6. The highest BCUT2D eigenvalue weighted by molar-refractivity contribution is 5.69. The molecule has 1 N–H and O–H groups in total. The summed E-state index contributed by atoms with van der Waals surface area (Å²) in [6, 6.07) is 3.61. The summed E-state index contributed by atoms with van der Waals surface area (Å²) in [5.74, 6) is -0.886. The first-order chi connectivity index (χ1) is 7.22. The SMILES string of the molecule is O=C(O)Cc1cc(CCCCF)ccn1. The van der Waals surface area contributed by atoms with Crippen molar-refractivity contribution in [1.29, 1.82) is 0 Å². The summed E-state index contributed by atoms with van der Waals surface area (Å²) in [6.45, 7) is -0.299. The summed E-state index contributed by atoms with van der Waals surface area (Å²) >= 11 is 0. The fourth-order valence-electron chi connectivity index (χ4n) is 1.36. The molecule has 1 heterocycles. The second-order valence-electron chi connectivity index (χ2n) is 3.37. The van der Waals surface area contributed by atoms with Gasteiger partial charge in [-0.15, -0.1) is 0 Å². The third-order valence-electron chi connectivity index (χ3n) is 2.06. The molecule has 3 nitrogen and oxygen atoms in total. The molecular weight excluding hydrogens is 197 g/mol. The molecule has 0 aliphatic heterocycles. The third kappa shape index (κ3) is 4.54. The molecule has 0 fully saturated rings. The number of halogens is 1. The molecule has 0 bridgehead atoms. The van der Waals surface area contributed by atoms with Crippen LogP contribution in [0.15, 0.2) is 18.3 Å². The van der Waals surface area contributed by atoms with Crippen molar-refractivity contribution < 1.29 is 14.3 Å². The topological polar surface area (TPSA) is 50.2 Å². The number of aryl methyl sites for hydroxylation is 1. The van der Waals surface area contributed by atoms with Crippen molar-refractivity contribution in [2.75, 3.05) is 6.67 Å². The van der Waals surface area contributed by atoms with Crippen LogP contribution in [-0.4, -0.2) is 22.7 Å². The number of carboxylic acids is 1. The average Bonchev–Trinajstić information content (AvgIpc) is 2.18. The van der Waals surface area contributed by atoms with Crippen molar-refractivity contribution in [3.63, 3.8) is 0 Å². The summed E-state index contributed by atoms with van der Waals surface area (Å²) in [7, 11) is 0. The molecule has 1 aromatic heterocycles. The van der Waals surface area contributed by atoms with Gasteiger partial charge in [-0.25, -0.2) is 0 Å². The van der Waals surface area contributed by atoms with Crippen molar-refractivity contribution in [1.82, 2.24) is 4.98 Å². The Bertz CT molecular complexity index is 328. The normalized spacial score (nSPS) is 10.2. The number of pyridine rings is 1. The summed E-state index contributed by atoms with van der Waals surface area (Å²) in [5.41, 5.74) is 1.58. The molecule has 0 saturated heterocycles. The van der Waals surface area contributed by atoms with Gasteiger partial charge in [0.2, 0.25) is 0 Å². The Morgan fingerprint density at radius 3 is 2.93 bits per heavy atom. The lowest BCUT2D eigenvalue weighted by molar-refractivity contribution is -0.136. The Morgan fingerprint density at radius 2 is 2.27 bits per heavy atom. The van der Waals surface area contributed by atoms with E-state index in [-0.39, 0.29) is 13.1 Å². The Labute approximate surface area is 88.0 Å². The van der Waals surface area contributed by atoms with Gasteiger partial charge < -0.3 is 5.11 Å². The Morgan fingerprint density at radius 1 is 1.47 bits per heavy atom. The highest BCUT2D eigenvalue weighted by Crippen LogP contribution is 2.07. The van der Waals surface area contributed by atoms with Crippen molar-refractivity contribution >= 4 is 5.97 Å². The maximum Gasteiger partial charge on any atom is 0.309 e. The van der Waals surface area contributed by atoms with E-state index in [0.29, 0.717) is 12.1 Å². The van der Waals surface area contributed by atoms with E-state index < -0.39 is 5.97 Å². The van der Waals surface area contributed by atoms with Crippen molar-refractivity contribution in [2.24, 2.45) is 0 Å². The number of aromatic nitrogens is 1. The van der Waals surface area contributed by atoms with E-state index in [1.165, 1.54) is 0 Å². The molecule has 0 aliphatic carbocycles. The predicted octanol–water partition coefficient (Wildman–Crippen LogP) is 2.00. The van der Waals surface area contributed by atoms with Gasteiger partial charge in [-0.05, 0) is 37.0 Å². The molecule has 0 radical (unpaired) electrons. The van der Waals surface area contributed by atoms with Crippen LogP contribution >= 0.6 is 0 Å². The van der Waals surface area contributed by atoms with E-state index in [4.69, 9.17) is 5.11 Å². The molecule has 1 aromatic rings. The first-order valence-corrected chi connectivity index (χ1v) is 4.94. The van der Waals surface area contributed by atoms with Crippen molar-refractivity contribution in [3.8, 4) is 0 Å². The molecule has 0 atom stereocenters. The molecule has 4 heteroatoms. The second kappa shape index (κ2) is 6.11. The fourth-order valence-corrected chi connectivity index (χ4v) is 1.36. The highest BCUT2D eigenvalue weighted by Gasteiger charge is 2.02. The minimum absolute atomic E-state index is 0.0586. The predicted molar refractivity (Wildman–Crippen MR) is 54.5 cm³/mol. The zero-order chi connectivity index (χ0) is 11.1. The molecule has 82 valence electrons. The van der Waals surface area contributed by atoms with E-state index in [2.05, 4.69) is 4.98 Å². The first kappa shape index (κ1) is 11.6. The minimum Gasteiger partial charge on any atom is -0.481 e. The lowest BCUT2D eigenvalue weighted by atomic mass is 10.1. The van der Waals surface area contributed by atoms with Crippen LogP contribution in [0, 0.1) is 0 Å².